The van der Waals surface area contributed by atoms with E-state index in [1.54, 1.807) is 12.3 Å². The van der Waals surface area contributed by atoms with Crippen LogP contribution in [0.25, 0.3) is 0 Å². The molecule has 0 atom stereocenters. The summed E-state index contributed by atoms with van der Waals surface area (Å²) in [5.41, 5.74) is 0.784. The van der Waals surface area contributed by atoms with Crippen molar-refractivity contribution >= 4 is 6.21 Å². The molecule has 3 heteroatoms. The van der Waals surface area contributed by atoms with E-state index in [9.17, 15) is 5.11 Å². The summed E-state index contributed by atoms with van der Waals surface area (Å²) in [4.78, 5) is 0. The SMILES string of the molecule is Oc1ccccc1/C=N/N1CCCCCC1. The maximum absolute atomic E-state index is 9.59. The first-order valence-electron chi connectivity index (χ1n) is 5.93. The summed E-state index contributed by atoms with van der Waals surface area (Å²) in [5.74, 6) is 0.293. The zero-order valence-electron chi connectivity index (χ0n) is 9.47. The van der Waals surface area contributed by atoms with Gasteiger partial charge in [0, 0.05) is 18.7 Å². The maximum Gasteiger partial charge on any atom is 0.124 e. The molecular formula is C13H18N2O. The molecule has 0 saturated carbocycles. The highest BCUT2D eigenvalue weighted by molar-refractivity contribution is 5.82. The van der Waals surface area contributed by atoms with Crippen LogP contribution in [0.1, 0.15) is 31.2 Å². The summed E-state index contributed by atoms with van der Waals surface area (Å²) in [6, 6.07) is 7.28. The van der Waals surface area contributed by atoms with Crippen molar-refractivity contribution < 1.29 is 5.11 Å². The molecule has 0 spiro atoms. The van der Waals surface area contributed by atoms with Gasteiger partial charge in [0.1, 0.15) is 5.75 Å². The molecule has 1 fully saturated rings. The van der Waals surface area contributed by atoms with E-state index in [2.05, 4.69) is 10.1 Å². The minimum atomic E-state index is 0.293. The fourth-order valence-electron chi connectivity index (χ4n) is 1.91. The first-order valence-corrected chi connectivity index (χ1v) is 5.93. The first-order chi connectivity index (χ1) is 7.86. The third kappa shape index (κ3) is 2.99. The van der Waals surface area contributed by atoms with Gasteiger partial charge in [0.05, 0.1) is 6.21 Å². The van der Waals surface area contributed by atoms with E-state index >= 15 is 0 Å². The number of para-hydroxylation sites is 1. The van der Waals surface area contributed by atoms with Crippen molar-refractivity contribution in [2.24, 2.45) is 5.10 Å². The van der Waals surface area contributed by atoms with E-state index in [0.29, 0.717) is 5.75 Å². The fraction of sp³-hybridized carbons (Fsp3) is 0.462. The van der Waals surface area contributed by atoms with Crippen LogP contribution in [0.15, 0.2) is 29.4 Å². The Morgan fingerprint density at radius 2 is 1.75 bits per heavy atom. The second kappa shape index (κ2) is 5.54. The third-order valence-corrected chi connectivity index (χ3v) is 2.88. The Bertz CT molecular complexity index is 355. The lowest BCUT2D eigenvalue weighted by Gasteiger charge is -2.15. The van der Waals surface area contributed by atoms with Gasteiger partial charge < -0.3 is 5.11 Å². The first kappa shape index (κ1) is 11.0. The molecule has 0 aromatic heterocycles. The molecule has 1 saturated heterocycles. The Kier molecular flexibility index (Phi) is 3.81. The molecule has 1 heterocycles. The van der Waals surface area contributed by atoms with E-state index in [1.807, 2.05) is 18.2 Å². The standard InChI is InChI=1S/C13H18N2O/c16-13-8-4-3-7-12(13)11-14-15-9-5-1-2-6-10-15/h3-4,7-8,11,16H,1-2,5-6,9-10H2/b14-11+. The van der Waals surface area contributed by atoms with Gasteiger partial charge in [-0.2, -0.15) is 5.10 Å². The molecule has 1 aliphatic heterocycles. The average Bonchev–Trinajstić information content (AvgIpc) is 2.56. The van der Waals surface area contributed by atoms with Crippen LogP contribution in [-0.4, -0.2) is 29.4 Å². The predicted octanol–water partition coefficient (Wildman–Crippen LogP) is 2.60. The highest BCUT2D eigenvalue weighted by Crippen LogP contribution is 2.14. The maximum atomic E-state index is 9.59. The van der Waals surface area contributed by atoms with Gasteiger partial charge in [-0.15, -0.1) is 0 Å². The van der Waals surface area contributed by atoms with E-state index in [1.165, 1.54) is 25.7 Å². The van der Waals surface area contributed by atoms with Gasteiger partial charge in [-0.3, -0.25) is 5.01 Å². The topological polar surface area (TPSA) is 35.8 Å². The Morgan fingerprint density at radius 1 is 1.06 bits per heavy atom. The molecule has 1 aromatic rings. The summed E-state index contributed by atoms with van der Waals surface area (Å²) >= 11 is 0. The zero-order valence-corrected chi connectivity index (χ0v) is 9.47. The highest BCUT2D eigenvalue weighted by atomic mass is 16.3. The summed E-state index contributed by atoms with van der Waals surface area (Å²) < 4.78 is 0. The van der Waals surface area contributed by atoms with Crippen molar-refractivity contribution in [3.63, 3.8) is 0 Å². The molecule has 16 heavy (non-hydrogen) atoms. The van der Waals surface area contributed by atoms with Crippen LogP contribution in [-0.2, 0) is 0 Å². The molecular weight excluding hydrogens is 200 g/mol. The molecule has 2 rings (SSSR count). The number of hydrazone groups is 1. The number of hydrogen-bond donors (Lipinski definition) is 1. The van der Waals surface area contributed by atoms with Gasteiger partial charge >= 0.3 is 0 Å². The number of phenols is 1. The minimum absolute atomic E-state index is 0.293. The van der Waals surface area contributed by atoms with Crippen LogP contribution < -0.4 is 0 Å². The van der Waals surface area contributed by atoms with E-state index in [4.69, 9.17) is 0 Å². The van der Waals surface area contributed by atoms with Crippen LogP contribution in [0.3, 0.4) is 0 Å². The van der Waals surface area contributed by atoms with E-state index < -0.39 is 0 Å². The smallest absolute Gasteiger partial charge is 0.124 e. The van der Waals surface area contributed by atoms with Crippen molar-refractivity contribution in [2.75, 3.05) is 13.1 Å². The number of hydrogen-bond acceptors (Lipinski definition) is 3. The molecule has 0 aliphatic carbocycles. The van der Waals surface area contributed by atoms with Crippen molar-refractivity contribution in [1.82, 2.24) is 5.01 Å². The Balaban J connectivity index is 2.00. The van der Waals surface area contributed by atoms with Crippen LogP contribution in [0.2, 0.25) is 0 Å². The van der Waals surface area contributed by atoms with Gasteiger partial charge in [0.15, 0.2) is 0 Å². The van der Waals surface area contributed by atoms with Crippen LogP contribution >= 0.6 is 0 Å². The second-order valence-electron chi connectivity index (χ2n) is 4.17. The molecule has 0 unspecified atom stereocenters. The molecule has 0 bridgehead atoms. The highest BCUT2D eigenvalue weighted by Gasteiger charge is 2.05. The second-order valence-corrected chi connectivity index (χ2v) is 4.17. The summed E-state index contributed by atoms with van der Waals surface area (Å²) in [5, 5.41) is 16.1. The molecule has 0 amide bonds. The lowest BCUT2D eigenvalue weighted by molar-refractivity contribution is 0.302. The number of aromatic hydroxyl groups is 1. The third-order valence-electron chi connectivity index (χ3n) is 2.88. The Labute approximate surface area is 96.4 Å². The van der Waals surface area contributed by atoms with Gasteiger partial charge in [0.2, 0.25) is 0 Å². The minimum Gasteiger partial charge on any atom is -0.507 e. The van der Waals surface area contributed by atoms with Gasteiger partial charge in [0.25, 0.3) is 0 Å². The number of benzene rings is 1. The zero-order chi connectivity index (χ0) is 11.2. The van der Waals surface area contributed by atoms with Crippen LogP contribution in [0.5, 0.6) is 5.75 Å². The van der Waals surface area contributed by atoms with Crippen LogP contribution in [0.4, 0.5) is 0 Å². The summed E-state index contributed by atoms with van der Waals surface area (Å²) in [7, 11) is 0. The molecule has 86 valence electrons. The lowest BCUT2D eigenvalue weighted by atomic mass is 10.2. The monoisotopic (exact) mass is 218 g/mol. The Hall–Kier alpha value is -1.51. The predicted molar refractivity (Wildman–Crippen MR) is 65.7 cm³/mol. The number of nitrogens with zero attached hydrogens (tertiary/aromatic N) is 2. The number of phenolic OH excluding ortho intramolecular Hbond substituents is 1. The number of rotatable bonds is 2. The normalized spacial score (nSPS) is 17.6. The average molecular weight is 218 g/mol. The molecule has 1 aromatic carbocycles. The summed E-state index contributed by atoms with van der Waals surface area (Å²) in [6.07, 6.45) is 6.81. The van der Waals surface area contributed by atoms with Crippen molar-refractivity contribution in [3.05, 3.63) is 29.8 Å². The van der Waals surface area contributed by atoms with Crippen LogP contribution in [0, 0.1) is 0 Å². The van der Waals surface area contributed by atoms with Crippen molar-refractivity contribution in [2.45, 2.75) is 25.7 Å². The van der Waals surface area contributed by atoms with E-state index in [0.717, 1.165) is 18.7 Å². The Morgan fingerprint density at radius 3 is 2.44 bits per heavy atom. The van der Waals surface area contributed by atoms with Gasteiger partial charge in [-0.1, -0.05) is 25.0 Å². The van der Waals surface area contributed by atoms with Gasteiger partial charge in [-0.25, -0.2) is 0 Å². The molecule has 0 radical (unpaired) electrons. The van der Waals surface area contributed by atoms with Gasteiger partial charge in [-0.05, 0) is 25.0 Å². The quantitative estimate of drug-likeness (QED) is 0.774. The fourth-order valence-corrected chi connectivity index (χ4v) is 1.91. The van der Waals surface area contributed by atoms with Crippen molar-refractivity contribution in [3.8, 4) is 5.75 Å². The van der Waals surface area contributed by atoms with E-state index in [-0.39, 0.29) is 0 Å². The molecule has 3 nitrogen and oxygen atoms in total. The molecule has 1 aliphatic rings. The lowest BCUT2D eigenvalue weighted by Crippen LogP contribution is -2.18. The van der Waals surface area contributed by atoms with Crippen molar-refractivity contribution in [1.29, 1.82) is 0 Å². The molecule has 1 N–H and O–H groups in total. The largest absolute Gasteiger partial charge is 0.507 e. The summed E-state index contributed by atoms with van der Waals surface area (Å²) in [6.45, 7) is 2.06.